The van der Waals surface area contributed by atoms with Crippen LogP contribution in [-0.2, 0) is 24.8 Å². The minimum atomic E-state index is -0.941. The molecule has 6 rings (SSSR count). The first-order valence-corrected chi connectivity index (χ1v) is 12.3. The Morgan fingerprint density at radius 2 is 1.82 bits per heavy atom. The van der Waals surface area contributed by atoms with E-state index in [9.17, 15) is 10.2 Å². The third kappa shape index (κ3) is 3.41. The fourth-order valence-corrected chi connectivity index (χ4v) is 6.55. The van der Waals surface area contributed by atoms with Gasteiger partial charge in [0.15, 0.2) is 0 Å². The molecule has 2 aliphatic rings. The van der Waals surface area contributed by atoms with Crippen molar-refractivity contribution >= 4 is 26.8 Å². The van der Waals surface area contributed by atoms with Crippen LogP contribution < -0.4 is 0 Å². The molecular formula is C28H27BrN2O2. The van der Waals surface area contributed by atoms with Crippen molar-refractivity contribution in [2.45, 2.75) is 36.8 Å². The van der Waals surface area contributed by atoms with Crippen LogP contribution >= 0.6 is 15.9 Å². The highest BCUT2D eigenvalue weighted by Crippen LogP contribution is 2.52. The Bertz CT molecular complexity index is 1330. The molecule has 0 saturated carbocycles. The summed E-state index contributed by atoms with van der Waals surface area (Å²) in [5, 5.41) is 23.9. The Labute approximate surface area is 202 Å². The second-order valence-electron chi connectivity index (χ2n) is 9.74. The monoisotopic (exact) mass is 502 g/mol. The first kappa shape index (κ1) is 21.0. The molecule has 3 aromatic carbocycles. The Morgan fingerprint density at radius 3 is 2.64 bits per heavy atom. The van der Waals surface area contributed by atoms with Gasteiger partial charge in [0.1, 0.15) is 5.75 Å². The van der Waals surface area contributed by atoms with Crippen LogP contribution in [0.4, 0.5) is 0 Å². The fraction of sp³-hybridized carbons (Fsp3) is 0.286. The molecule has 3 N–H and O–H groups in total. The van der Waals surface area contributed by atoms with Gasteiger partial charge in [-0.3, -0.25) is 4.90 Å². The van der Waals surface area contributed by atoms with Crippen molar-refractivity contribution in [3.8, 4) is 5.75 Å². The maximum Gasteiger partial charge on any atom is 0.115 e. The molecule has 5 heteroatoms. The van der Waals surface area contributed by atoms with Crippen molar-refractivity contribution < 1.29 is 10.2 Å². The summed E-state index contributed by atoms with van der Waals surface area (Å²) >= 11 is 3.59. The van der Waals surface area contributed by atoms with Crippen molar-refractivity contribution in [3.63, 3.8) is 0 Å². The zero-order chi connectivity index (χ0) is 22.6. The van der Waals surface area contributed by atoms with Gasteiger partial charge in [-0.15, -0.1) is 0 Å². The molecule has 0 amide bonds. The number of benzene rings is 3. The number of piperidine rings is 1. The second-order valence-corrected chi connectivity index (χ2v) is 10.7. The summed E-state index contributed by atoms with van der Waals surface area (Å²) in [4.78, 5) is 6.03. The lowest BCUT2D eigenvalue weighted by atomic mass is 9.56. The molecule has 1 aliphatic heterocycles. The number of phenolic OH excluding ortho intramolecular Hbond substituents is 1. The lowest BCUT2D eigenvalue weighted by Gasteiger charge is -2.56. The average molecular weight is 503 g/mol. The topological polar surface area (TPSA) is 59.5 Å². The number of nitrogens with zero attached hydrogens (tertiary/aromatic N) is 1. The molecular weight excluding hydrogens is 476 g/mol. The third-order valence-electron chi connectivity index (χ3n) is 7.78. The Morgan fingerprint density at radius 1 is 0.970 bits per heavy atom. The number of aliphatic hydroxyl groups is 1. The number of fused-ring (bicyclic) bond motifs is 4. The first-order chi connectivity index (χ1) is 16.0. The molecule has 4 aromatic rings. The highest BCUT2D eigenvalue weighted by molar-refractivity contribution is 9.10. The number of hydrogen-bond donors (Lipinski definition) is 3. The normalized spacial score (nSPS) is 25.0. The van der Waals surface area contributed by atoms with E-state index in [2.05, 4.69) is 74.3 Å². The van der Waals surface area contributed by atoms with E-state index in [1.54, 1.807) is 6.07 Å². The van der Waals surface area contributed by atoms with Crippen LogP contribution in [0.3, 0.4) is 0 Å². The number of β-amino-alcohol motifs (C(OH)–C–C–N with tert-alkyl or cyclic N) is 1. The summed E-state index contributed by atoms with van der Waals surface area (Å²) in [5.41, 5.74) is 4.41. The van der Waals surface area contributed by atoms with Crippen molar-refractivity contribution in [2.24, 2.45) is 0 Å². The number of aromatic nitrogens is 1. The van der Waals surface area contributed by atoms with Gasteiger partial charge >= 0.3 is 0 Å². The minimum absolute atomic E-state index is 0.252. The quantitative estimate of drug-likeness (QED) is 0.355. The molecule has 2 unspecified atom stereocenters. The summed E-state index contributed by atoms with van der Waals surface area (Å²) < 4.78 is 1.04. The van der Waals surface area contributed by atoms with Crippen LogP contribution in [0.25, 0.3) is 10.9 Å². The SMILES string of the molecule is Oc1cccc(C23CCN(Cc4ccccc4)CC2(O)Cc2c([nH]c4cc(Br)ccc24)C3)c1. The summed E-state index contributed by atoms with van der Waals surface area (Å²) in [6, 6.07) is 24.3. The van der Waals surface area contributed by atoms with Crippen LogP contribution in [0.1, 0.15) is 28.8 Å². The zero-order valence-electron chi connectivity index (χ0n) is 18.4. The van der Waals surface area contributed by atoms with Crippen LogP contribution in [0.2, 0.25) is 0 Å². The molecule has 1 aliphatic carbocycles. The van der Waals surface area contributed by atoms with Gasteiger partial charge in [-0.05, 0) is 53.9 Å². The zero-order valence-corrected chi connectivity index (χ0v) is 20.0. The third-order valence-corrected chi connectivity index (χ3v) is 8.28. The van der Waals surface area contributed by atoms with E-state index in [0.29, 0.717) is 13.0 Å². The van der Waals surface area contributed by atoms with Gasteiger partial charge in [-0.1, -0.05) is 64.5 Å². The molecule has 33 heavy (non-hydrogen) atoms. The number of likely N-dealkylation sites (tertiary alicyclic amines) is 1. The van der Waals surface area contributed by atoms with Crippen LogP contribution in [0.5, 0.6) is 5.75 Å². The number of nitrogens with one attached hydrogen (secondary N) is 1. The number of phenols is 1. The lowest BCUT2D eigenvalue weighted by molar-refractivity contribution is -0.105. The number of hydrogen-bond acceptors (Lipinski definition) is 3. The second kappa shape index (κ2) is 7.73. The minimum Gasteiger partial charge on any atom is -0.508 e. The number of halogens is 1. The molecule has 168 valence electrons. The predicted octanol–water partition coefficient (Wildman–Crippen LogP) is 5.31. The molecule has 1 aromatic heterocycles. The van der Waals surface area contributed by atoms with Crippen LogP contribution in [0, 0.1) is 0 Å². The van der Waals surface area contributed by atoms with Gasteiger partial charge < -0.3 is 15.2 Å². The van der Waals surface area contributed by atoms with Crippen molar-refractivity contribution in [1.29, 1.82) is 0 Å². The van der Waals surface area contributed by atoms with Crippen LogP contribution in [-0.4, -0.2) is 38.8 Å². The number of aromatic hydroxyl groups is 1. The highest BCUT2D eigenvalue weighted by Gasteiger charge is 2.57. The molecule has 0 spiro atoms. The predicted molar refractivity (Wildman–Crippen MR) is 134 cm³/mol. The van der Waals surface area contributed by atoms with Crippen molar-refractivity contribution in [2.75, 3.05) is 13.1 Å². The molecule has 2 atom stereocenters. The Hall–Kier alpha value is -2.60. The van der Waals surface area contributed by atoms with Crippen molar-refractivity contribution in [1.82, 2.24) is 9.88 Å². The van der Waals surface area contributed by atoms with E-state index in [4.69, 9.17) is 0 Å². The summed E-state index contributed by atoms with van der Waals surface area (Å²) in [6.45, 7) is 2.32. The van der Waals surface area contributed by atoms with E-state index >= 15 is 0 Å². The molecule has 4 nitrogen and oxygen atoms in total. The van der Waals surface area contributed by atoms with Gasteiger partial charge in [0.05, 0.1) is 5.60 Å². The largest absolute Gasteiger partial charge is 0.508 e. The molecule has 1 saturated heterocycles. The summed E-state index contributed by atoms with van der Waals surface area (Å²) in [7, 11) is 0. The van der Waals surface area contributed by atoms with E-state index in [0.717, 1.165) is 41.5 Å². The van der Waals surface area contributed by atoms with E-state index in [1.165, 1.54) is 22.2 Å². The highest BCUT2D eigenvalue weighted by atomic mass is 79.9. The van der Waals surface area contributed by atoms with E-state index in [-0.39, 0.29) is 5.75 Å². The molecule has 0 bridgehead atoms. The lowest BCUT2D eigenvalue weighted by Crippen LogP contribution is -2.66. The van der Waals surface area contributed by atoms with Gasteiger partial charge in [0.25, 0.3) is 0 Å². The number of H-pyrrole nitrogens is 1. The van der Waals surface area contributed by atoms with Gasteiger partial charge in [0, 0.05) is 52.4 Å². The fourth-order valence-electron chi connectivity index (χ4n) is 6.19. The Kier molecular flexibility index (Phi) is 4.91. The van der Waals surface area contributed by atoms with Gasteiger partial charge in [-0.25, -0.2) is 0 Å². The van der Waals surface area contributed by atoms with Crippen molar-refractivity contribution in [3.05, 3.63) is 99.7 Å². The maximum atomic E-state index is 12.5. The molecule has 0 radical (unpaired) electrons. The van der Waals surface area contributed by atoms with E-state index in [1.807, 2.05) is 18.2 Å². The average Bonchev–Trinajstić information content (AvgIpc) is 3.13. The standard InChI is InChI=1S/C28H27BrN2O2/c29-21-9-10-23-24-15-28(33)18-31(17-19-5-2-1-3-6-19)12-11-27(28,16-26(24)30-25(23)14-21)20-7-4-8-22(32)13-20/h1-10,13-14,30,32-33H,11-12,15-18H2. The number of aromatic amines is 1. The molecule has 2 heterocycles. The van der Waals surface area contributed by atoms with E-state index < -0.39 is 11.0 Å². The summed E-state index contributed by atoms with van der Waals surface area (Å²) in [5.74, 6) is 0.252. The smallest absolute Gasteiger partial charge is 0.115 e. The number of rotatable bonds is 3. The molecule has 1 fully saturated rings. The maximum absolute atomic E-state index is 12.5. The van der Waals surface area contributed by atoms with Gasteiger partial charge in [0.2, 0.25) is 0 Å². The van der Waals surface area contributed by atoms with Gasteiger partial charge in [-0.2, -0.15) is 0 Å². The summed E-state index contributed by atoms with van der Waals surface area (Å²) in [6.07, 6.45) is 2.15. The first-order valence-electron chi connectivity index (χ1n) is 11.5. The van der Waals surface area contributed by atoms with Crippen LogP contribution in [0.15, 0.2) is 77.3 Å². The Balaban J connectivity index is 1.46.